The zero-order valence-corrected chi connectivity index (χ0v) is 12.0. The van der Waals surface area contributed by atoms with Gasteiger partial charge in [-0.3, -0.25) is 4.79 Å². The highest BCUT2D eigenvalue weighted by atomic mass is 32.2. The van der Waals surface area contributed by atoms with E-state index in [0.29, 0.717) is 11.1 Å². The van der Waals surface area contributed by atoms with Crippen LogP contribution in [-0.2, 0) is 0 Å². The zero-order valence-electron chi connectivity index (χ0n) is 11.2. The van der Waals surface area contributed by atoms with Crippen molar-refractivity contribution in [2.75, 3.05) is 0 Å². The van der Waals surface area contributed by atoms with Crippen LogP contribution in [0.25, 0.3) is 4.91 Å². The van der Waals surface area contributed by atoms with Gasteiger partial charge in [0.1, 0.15) is 5.82 Å². The summed E-state index contributed by atoms with van der Waals surface area (Å²) in [6.45, 7) is 7.67. The minimum absolute atomic E-state index is 0.0527. The smallest absolute Gasteiger partial charge is 0.251 e. The van der Waals surface area contributed by atoms with Gasteiger partial charge in [0.25, 0.3) is 5.91 Å². The molecule has 2 nitrogen and oxygen atoms in total. The van der Waals surface area contributed by atoms with Gasteiger partial charge in [-0.25, -0.2) is 4.39 Å². The first-order valence-corrected chi connectivity index (χ1v) is 6.96. The second kappa shape index (κ2) is 7.14. The lowest BCUT2D eigenvalue weighted by Gasteiger charge is -2.08. The Labute approximate surface area is 117 Å². The number of aryl methyl sites for hydroxylation is 1. The normalized spacial score (nSPS) is 10.9. The quantitative estimate of drug-likeness (QED) is 0.846. The maximum Gasteiger partial charge on any atom is 0.251 e. The molecule has 102 valence electrons. The van der Waals surface area contributed by atoms with Crippen LogP contribution in [0.2, 0.25) is 0 Å². The van der Waals surface area contributed by atoms with E-state index in [0.717, 1.165) is 17.7 Å². The third-order valence-corrected chi connectivity index (χ3v) is 3.47. The van der Waals surface area contributed by atoms with E-state index < -0.39 is 11.7 Å². The number of halogens is 1. The van der Waals surface area contributed by atoms with Gasteiger partial charge in [0, 0.05) is 4.91 Å². The first kappa shape index (κ1) is 15.5. The van der Waals surface area contributed by atoms with Gasteiger partial charge in [0.2, 0.25) is 0 Å². The van der Waals surface area contributed by atoms with Crippen LogP contribution in [0.4, 0.5) is 4.39 Å². The molecule has 0 aliphatic carbocycles. The molecule has 0 unspecified atom stereocenters. The fraction of sp³-hybridized carbons (Fsp3) is 0.267. The fourth-order valence-electron chi connectivity index (χ4n) is 1.65. The maximum absolute atomic E-state index is 13.8. The number of primary amides is 1. The van der Waals surface area contributed by atoms with Crippen LogP contribution in [-0.4, -0.2) is 5.91 Å². The molecule has 0 radical (unpaired) electrons. The van der Waals surface area contributed by atoms with Gasteiger partial charge in [-0.2, -0.15) is 0 Å². The zero-order chi connectivity index (χ0) is 14.4. The van der Waals surface area contributed by atoms with E-state index in [2.05, 4.69) is 19.6 Å². The highest BCUT2D eigenvalue weighted by Crippen LogP contribution is 2.29. The van der Waals surface area contributed by atoms with E-state index in [1.165, 1.54) is 17.8 Å². The molecule has 4 heteroatoms. The SMILES string of the molecule is C=C(S/C=C\CCC)c1cc(C)c(C(N)=O)c(F)c1. The number of allylic oxidation sites excluding steroid dienone is 1. The molecule has 0 aliphatic heterocycles. The lowest BCUT2D eigenvalue weighted by Crippen LogP contribution is -2.15. The van der Waals surface area contributed by atoms with E-state index in [9.17, 15) is 9.18 Å². The molecule has 0 fully saturated rings. The Morgan fingerprint density at radius 2 is 2.21 bits per heavy atom. The fourth-order valence-corrected chi connectivity index (χ4v) is 2.30. The lowest BCUT2D eigenvalue weighted by molar-refractivity contribution is 0.0996. The highest BCUT2D eigenvalue weighted by molar-refractivity contribution is 8.10. The number of thioether (sulfide) groups is 1. The van der Waals surface area contributed by atoms with Crippen molar-refractivity contribution in [3.8, 4) is 0 Å². The van der Waals surface area contributed by atoms with Crippen LogP contribution in [0, 0.1) is 12.7 Å². The van der Waals surface area contributed by atoms with E-state index in [-0.39, 0.29) is 5.56 Å². The van der Waals surface area contributed by atoms with Crippen molar-refractivity contribution in [2.45, 2.75) is 26.7 Å². The van der Waals surface area contributed by atoms with E-state index >= 15 is 0 Å². The minimum Gasteiger partial charge on any atom is -0.365 e. The molecule has 1 rings (SSSR count). The standard InChI is InChI=1S/C15H18FNOS/c1-4-5-6-7-19-11(3)12-8-10(2)14(15(17)18)13(16)9-12/h6-9H,3-5H2,1-2H3,(H2,17,18)/b7-6-. The Morgan fingerprint density at radius 1 is 1.53 bits per heavy atom. The Bertz CT molecular complexity index is 500. The molecule has 0 aliphatic rings. The van der Waals surface area contributed by atoms with E-state index in [1.54, 1.807) is 13.0 Å². The van der Waals surface area contributed by atoms with Crippen molar-refractivity contribution in [1.29, 1.82) is 0 Å². The van der Waals surface area contributed by atoms with Crippen molar-refractivity contribution in [3.63, 3.8) is 0 Å². The molecular formula is C15H18FNOS. The molecule has 0 saturated heterocycles. The molecule has 0 saturated carbocycles. The third-order valence-electron chi connectivity index (χ3n) is 2.62. The molecule has 0 spiro atoms. The Hall–Kier alpha value is -1.55. The van der Waals surface area contributed by atoms with Crippen molar-refractivity contribution in [3.05, 3.63) is 52.7 Å². The number of nitrogens with two attached hydrogens (primary N) is 1. The summed E-state index contributed by atoms with van der Waals surface area (Å²) in [4.78, 5) is 11.9. The number of amides is 1. The second-order valence-electron chi connectivity index (χ2n) is 4.22. The third kappa shape index (κ3) is 4.24. The number of unbranched alkanes of at least 4 members (excludes halogenated alkanes) is 1. The summed E-state index contributed by atoms with van der Waals surface area (Å²) in [5.74, 6) is -1.34. The second-order valence-corrected chi connectivity index (χ2v) is 5.22. The Morgan fingerprint density at radius 3 is 2.74 bits per heavy atom. The lowest BCUT2D eigenvalue weighted by atomic mass is 10.0. The summed E-state index contributed by atoms with van der Waals surface area (Å²) in [5.41, 5.74) is 6.29. The van der Waals surface area contributed by atoms with Gasteiger partial charge >= 0.3 is 0 Å². The number of rotatable bonds is 6. The maximum atomic E-state index is 13.8. The molecule has 1 aromatic rings. The number of carbonyl (C=O) groups is 1. The monoisotopic (exact) mass is 279 g/mol. The van der Waals surface area contributed by atoms with Crippen molar-refractivity contribution < 1.29 is 9.18 Å². The first-order valence-electron chi connectivity index (χ1n) is 6.08. The van der Waals surface area contributed by atoms with Gasteiger partial charge in [0.15, 0.2) is 0 Å². The summed E-state index contributed by atoms with van der Waals surface area (Å²) in [6.07, 6.45) is 4.15. The van der Waals surface area contributed by atoms with Gasteiger partial charge in [-0.05, 0) is 42.0 Å². The van der Waals surface area contributed by atoms with Crippen LogP contribution >= 0.6 is 11.8 Å². The number of hydrogen-bond donors (Lipinski definition) is 1. The average Bonchev–Trinajstić information content (AvgIpc) is 2.33. The predicted octanol–water partition coefficient (Wildman–Crippen LogP) is 4.25. The van der Waals surface area contributed by atoms with Gasteiger partial charge in [-0.15, -0.1) is 0 Å². The molecule has 1 aromatic carbocycles. The van der Waals surface area contributed by atoms with Crippen LogP contribution in [0.1, 0.15) is 41.3 Å². The van der Waals surface area contributed by atoms with Crippen molar-refractivity contribution in [1.82, 2.24) is 0 Å². The summed E-state index contributed by atoms with van der Waals surface area (Å²) >= 11 is 1.44. The number of carbonyl (C=O) groups excluding carboxylic acids is 1. The summed E-state index contributed by atoms with van der Waals surface area (Å²) < 4.78 is 13.8. The highest BCUT2D eigenvalue weighted by Gasteiger charge is 2.14. The van der Waals surface area contributed by atoms with Crippen molar-refractivity contribution in [2.24, 2.45) is 5.73 Å². The van der Waals surface area contributed by atoms with Gasteiger partial charge in [0.05, 0.1) is 5.56 Å². The van der Waals surface area contributed by atoms with Crippen LogP contribution in [0.3, 0.4) is 0 Å². The Kier molecular flexibility index (Phi) is 5.83. The average molecular weight is 279 g/mol. The first-order chi connectivity index (χ1) is 8.97. The van der Waals surface area contributed by atoms with Crippen molar-refractivity contribution >= 4 is 22.6 Å². The molecule has 2 N–H and O–H groups in total. The molecule has 0 aromatic heterocycles. The number of benzene rings is 1. The molecule has 0 heterocycles. The molecule has 1 amide bonds. The Balaban J connectivity index is 2.91. The molecule has 0 atom stereocenters. The van der Waals surface area contributed by atoms with Gasteiger partial charge in [-0.1, -0.05) is 37.8 Å². The largest absolute Gasteiger partial charge is 0.365 e. The van der Waals surface area contributed by atoms with Crippen LogP contribution in [0.5, 0.6) is 0 Å². The molecule has 19 heavy (non-hydrogen) atoms. The molecule has 0 bridgehead atoms. The molecular weight excluding hydrogens is 261 g/mol. The summed E-state index contributed by atoms with van der Waals surface area (Å²) in [5, 5.41) is 1.95. The summed E-state index contributed by atoms with van der Waals surface area (Å²) in [7, 11) is 0. The van der Waals surface area contributed by atoms with Crippen LogP contribution in [0.15, 0.2) is 30.2 Å². The number of hydrogen-bond acceptors (Lipinski definition) is 2. The van der Waals surface area contributed by atoms with E-state index in [4.69, 9.17) is 5.73 Å². The minimum atomic E-state index is -0.748. The summed E-state index contributed by atoms with van der Waals surface area (Å²) in [6, 6.07) is 3.03. The van der Waals surface area contributed by atoms with Gasteiger partial charge < -0.3 is 5.73 Å². The topological polar surface area (TPSA) is 43.1 Å². The van der Waals surface area contributed by atoms with E-state index in [1.807, 2.05) is 5.41 Å². The van der Waals surface area contributed by atoms with Crippen LogP contribution < -0.4 is 5.73 Å². The predicted molar refractivity (Wildman–Crippen MR) is 80.3 cm³/mol.